The summed E-state index contributed by atoms with van der Waals surface area (Å²) >= 11 is -19.5. The molecule has 0 N–H and O–H groups in total. The summed E-state index contributed by atoms with van der Waals surface area (Å²) in [6.45, 7) is 0. The standard InChI is InChI=1S/C16F36I2/c17-1(18,5(25,26)9(33,34)13(41,42)43)3(21,22)7(29,30)11(37,38)15(47,48)53(51)54(52)16(49,50)12(39,40)8(31,32)4(23,24)2(19,20)6(27,28)10(35,36)14(44,45)46. The Balaban J connectivity index is 7.44. The van der Waals surface area contributed by atoms with Crippen LogP contribution >= 0.6 is 32.8 Å². The summed E-state index contributed by atoms with van der Waals surface area (Å²) in [5.41, 5.74) is 0. The number of hydrogen-bond acceptors (Lipinski definition) is 0. The van der Waals surface area contributed by atoms with Gasteiger partial charge in [-0.3, -0.25) is 0 Å². The van der Waals surface area contributed by atoms with Crippen LogP contribution in [-0.4, -0.2) is 91.3 Å². The van der Waals surface area contributed by atoms with Crippen molar-refractivity contribution in [3.05, 3.63) is 0 Å². The zero-order valence-corrected chi connectivity index (χ0v) is 26.7. The van der Waals surface area contributed by atoms with Crippen molar-refractivity contribution in [3.63, 3.8) is 0 Å². The zero-order chi connectivity index (χ0) is 45.2. The van der Waals surface area contributed by atoms with E-state index >= 15 is 0 Å². The van der Waals surface area contributed by atoms with Gasteiger partial charge in [-0.05, 0) is 0 Å². The monoisotopic (exact) mass is 1130 g/mol. The van der Waals surface area contributed by atoms with E-state index in [0.717, 1.165) is 0 Å². The molecule has 38 heteroatoms. The third-order valence-electron chi connectivity index (χ3n) is 5.84. The van der Waals surface area contributed by atoms with E-state index < -0.39 is 124 Å². The summed E-state index contributed by atoms with van der Waals surface area (Å²) in [7, 11) is 0. The van der Waals surface area contributed by atoms with E-state index in [1.807, 2.05) is 0 Å². The van der Waals surface area contributed by atoms with Gasteiger partial charge in [0.2, 0.25) is 0 Å². The SMILES string of the molecule is FI(I(F)C(F)(F)C(F)(F)C(F)(F)C(F)(F)C(F)(F)C(F)(F)C(F)(F)C(F)(F)F)C(F)(F)C(F)(F)C(F)(F)C(F)(F)C(F)(F)C(F)(F)C(F)(F)C(F)(F)F. The van der Waals surface area contributed by atoms with Crippen molar-refractivity contribution < 1.29 is 155 Å². The van der Waals surface area contributed by atoms with Crippen LogP contribution in [0.2, 0.25) is 0 Å². The van der Waals surface area contributed by atoms with Crippen molar-refractivity contribution in [2.45, 2.75) is 91.3 Å². The van der Waals surface area contributed by atoms with E-state index in [2.05, 4.69) is 0 Å². The molecule has 0 radical (unpaired) electrons. The minimum atomic E-state index is -9.76. The first-order valence-corrected chi connectivity index (χ1v) is 20.8. The summed E-state index contributed by atoms with van der Waals surface area (Å²) in [5.74, 6) is -113. The van der Waals surface area contributed by atoms with E-state index in [1.54, 1.807) is 0 Å². The molecule has 0 amide bonds. The Hall–Kier alpha value is -1.06. The van der Waals surface area contributed by atoms with Crippen molar-refractivity contribution >= 4 is 32.8 Å². The quantitative estimate of drug-likeness (QED) is 0.0871. The second-order valence-corrected chi connectivity index (χ2v) is 23.8. The fourth-order valence-electron chi connectivity index (χ4n) is 2.63. The Morgan fingerprint density at radius 1 is 0.167 bits per heavy atom. The summed E-state index contributed by atoms with van der Waals surface area (Å²) < 4.78 is 459. The van der Waals surface area contributed by atoms with Gasteiger partial charge in [-0.2, -0.15) is 0 Å². The molecule has 0 heterocycles. The zero-order valence-electron chi connectivity index (χ0n) is 22.4. The van der Waals surface area contributed by atoms with Crippen LogP contribution in [0.5, 0.6) is 0 Å². The molecule has 0 aliphatic heterocycles. The maximum absolute atomic E-state index is 14.0. The van der Waals surface area contributed by atoms with Gasteiger partial charge >= 0.3 is 279 Å². The third-order valence-corrected chi connectivity index (χ3v) is 21.0. The fourth-order valence-corrected chi connectivity index (χ4v) is 14.7. The van der Waals surface area contributed by atoms with Crippen LogP contribution in [0.3, 0.4) is 0 Å². The summed E-state index contributed by atoms with van der Waals surface area (Å²) in [6.07, 6.45) is -16.7. The topological polar surface area (TPSA) is 0 Å². The average Bonchev–Trinajstić information content (AvgIpc) is 2.93. The molecule has 0 nitrogen and oxygen atoms in total. The van der Waals surface area contributed by atoms with Crippen LogP contribution in [0.4, 0.5) is 155 Å². The molecule has 0 bridgehead atoms. The molecule has 0 unspecified atom stereocenters. The van der Waals surface area contributed by atoms with Gasteiger partial charge in [-0.25, -0.2) is 0 Å². The van der Waals surface area contributed by atoms with Crippen LogP contribution in [0.1, 0.15) is 0 Å². The van der Waals surface area contributed by atoms with E-state index in [1.165, 1.54) is 0 Å². The molecule has 0 fully saturated rings. The molecule has 0 saturated carbocycles. The van der Waals surface area contributed by atoms with Gasteiger partial charge in [-0.1, -0.05) is 0 Å². The molecular weight excluding hydrogens is 1130 g/mol. The van der Waals surface area contributed by atoms with Crippen molar-refractivity contribution in [2.24, 2.45) is 0 Å². The second-order valence-electron chi connectivity index (χ2n) is 9.28. The first kappa shape index (κ1) is 52.9. The summed E-state index contributed by atoms with van der Waals surface area (Å²) in [5, 5.41) is 0. The molecule has 0 aromatic rings. The van der Waals surface area contributed by atoms with E-state index in [0.29, 0.717) is 0 Å². The first-order valence-electron chi connectivity index (χ1n) is 10.7. The van der Waals surface area contributed by atoms with E-state index in [4.69, 9.17) is 0 Å². The van der Waals surface area contributed by atoms with Gasteiger partial charge in [0.1, 0.15) is 0 Å². The van der Waals surface area contributed by atoms with Crippen LogP contribution in [-0.2, 0) is 0 Å². The average molecular weight is 1130 g/mol. The first-order chi connectivity index (χ1) is 22.6. The van der Waals surface area contributed by atoms with E-state index in [-0.39, 0.29) is 0 Å². The predicted molar refractivity (Wildman–Crippen MR) is 112 cm³/mol. The molecule has 0 aromatic heterocycles. The Labute approximate surface area is 279 Å². The molecule has 0 aliphatic carbocycles. The molecular formula is C16F36I2. The van der Waals surface area contributed by atoms with Gasteiger partial charge in [0.25, 0.3) is 0 Å². The Bertz CT molecular complexity index is 1240. The number of rotatable bonds is 15. The number of alkyl halides is 36. The van der Waals surface area contributed by atoms with Crippen molar-refractivity contribution in [1.82, 2.24) is 0 Å². The Morgan fingerprint density at radius 2 is 0.278 bits per heavy atom. The molecule has 0 saturated heterocycles. The summed E-state index contributed by atoms with van der Waals surface area (Å²) in [6, 6.07) is 0. The van der Waals surface area contributed by atoms with Crippen molar-refractivity contribution in [2.75, 3.05) is 0 Å². The third kappa shape index (κ3) is 6.40. The molecule has 330 valence electrons. The molecule has 0 rings (SSSR count). The van der Waals surface area contributed by atoms with Gasteiger partial charge < -0.3 is 0 Å². The Kier molecular flexibility index (Phi) is 13.0. The van der Waals surface area contributed by atoms with Crippen LogP contribution < -0.4 is 0 Å². The second kappa shape index (κ2) is 13.2. The van der Waals surface area contributed by atoms with Gasteiger partial charge in [0, 0.05) is 0 Å². The minimum absolute atomic E-state index is 8.34. The fraction of sp³-hybridized carbons (Fsp3) is 1.00. The van der Waals surface area contributed by atoms with Crippen LogP contribution in [0.15, 0.2) is 0 Å². The molecule has 0 atom stereocenters. The van der Waals surface area contributed by atoms with Crippen LogP contribution in [0.25, 0.3) is 0 Å². The van der Waals surface area contributed by atoms with E-state index in [9.17, 15) is 155 Å². The molecule has 54 heavy (non-hydrogen) atoms. The summed E-state index contributed by atoms with van der Waals surface area (Å²) in [4.78, 5) is 0. The van der Waals surface area contributed by atoms with Crippen molar-refractivity contribution in [1.29, 1.82) is 0 Å². The van der Waals surface area contributed by atoms with Crippen molar-refractivity contribution in [3.8, 4) is 0 Å². The predicted octanol–water partition coefficient (Wildman–Crippen LogP) is 13.6. The van der Waals surface area contributed by atoms with Gasteiger partial charge in [0.05, 0.1) is 0 Å². The van der Waals surface area contributed by atoms with Gasteiger partial charge in [-0.15, -0.1) is 0 Å². The normalized spacial score (nSPS) is 17.6. The van der Waals surface area contributed by atoms with Gasteiger partial charge in [0.15, 0.2) is 0 Å². The number of hydrogen-bond donors (Lipinski definition) is 0. The molecule has 0 spiro atoms. The maximum atomic E-state index is 14.0. The molecule has 0 aliphatic rings. The van der Waals surface area contributed by atoms with Crippen LogP contribution in [0, 0.1) is 0 Å². The Morgan fingerprint density at radius 3 is 0.407 bits per heavy atom. The number of halogens is 38. The molecule has 0 aromatic carbocycles.